The van der Waals surface area contributed by atoms with Crippen LogP contribution in [0.5, 0.6) is 0 Å². The molecule has 2 aliphatic rings. The highest BCUT2D eigenvalue weighted by Gasteiger charge is 2.76. The predicted molar refractivity (Wildman–Crippen MR) is 65.7 cm³/mol. The Kier molecular flexibility index (Phi) is 2.72. The molecule has 0 aromatic rings. The molecule has 1 aliphatic heterocycles. The van der Waals surface area contributed by atoms with Crippen molar-refractivity contribution in [3.8, 4) is 0 Å². The Morgan fingerprint density at radius 3 is 2.41 bits per heavy atom. The van der Waals surface area contributed by atoms with Gasteiger partial charge in [0.2, 0.25) is 0 Å². The number of hydrogen-bond acceptors (Lipinski definition) is 3. The fourth-order valence-corrected chi connectivity index (χ4v) is 3.61. The van der Waals surface area contributed by atoms with Gasteiger partial charge in [-0.15, -0.1) is 0 Å². The maximum Gasteiger partial charge on any atom is 0.138 e. The summed E-state index contributed by atoms with van der Waals surface area (Å²) in [5.74, 6) is 0.318. The molecule has 3 heteroatoms. The number of epoxide rings is 1. The minimum Gasteiger partial charge on any atom is -0.393 e. The minimum absolute atomic E-state index is 0.0560. The summed E-state index contributed by atoms with van der Waals surface area (Å²) in [4.78, 5) is 12.0. The van der Waals surface area contributed by atoms with Gasteiger partial charge in [-0.05, 0) is 18.8 Å². The molecule has 0 unspecified atom stereocenters. The van der Waals surface area contributed by atoms with Gasteiger partial charge in [0.25, 0.3) is 0 Å². The summed E-state index contributed by atoms with van der Waals surface area (Å²) in [6.07, 6.45) is 1.55. The predicted octanol–water partition coefficient (Wildman–Crippen LogP) is 2.31. The lowest BCUT2D eigenvalue weighted by molar-refractivity contribution is -0.124. The molecule has 0 spiro atoms. The van der Waals surface area contributed by atoms with Gasteiger partial charge in [-0.1, -0.05) is 27.7 Å². The second-order valence-corrected chi connectivity index (χ2v) is 6.90. The van der Waals surface area contributed by atoms with E-state index >= 15 is 0 Å². The molecule has 98 valence electrons. The molecule has 0 bridgehead atoms. The van der Waals surface area contributed by atoms with E-state index in [0.29, 0.717) is 19.3 Å². The molecule has 1 saturated heterocycles. The smallest absolute Gasteiger partial charge is 0.138 e. The molecule has 2 fully saturated rings. The Morgan fingerprint density at radius 2 is 1.94 bits per heavy atom. The highest BCUT2D eigenvalue weighted by Crippen LogP contribution is 2.67. The lowest BCUT2D eigenvalue weighted by Gasteiger charge is -2.40. The number of rotatable bonds is 3. The Balaban J connectivity index is 2.23. The summed E-state index contributed by atoms with van der Waals surface area (Å²) >= 11 is 0. The number of aliphatic hydroxyl groups is 1. The molecule has 0 radical (unpaired) electrons. The summed E-state index contributed by atoms with van der Waals surface area (Å²) in [6.45, 7) is 10.1. The first-order valence-electron chi connectivity index (χ1n) is 6.54. The van der Waals surface area contributed by atoms with Crippen LogP contribution >= 0.6 is 0 Å². The molecule has 0 aromatic heterocycles. The number of hydrogen-bond donors (Lipinski definition) is 1. The van der Waals surface area contributed by atoms with Crippen molar-refractivity contribution in [2.75, 3.05) is 0 Å². The summed E-state index contributed by atoms with van der Waals surface area (Å²) in [5, 5.41) is 9.90. The monoisotopic (exact) mass is 240 g/mol. The Labute approximate surface area is 104 Å². The first kappa shape index (κ1) is 13.0. The number of aliphatic hydroxyl groups excluding tert-OH is 1. The normalized spacial score (nSPS) is 43.4. The standard InChI is InChI=1S/C14H24O3/c1-9(2)11(16)8-14-12(3,4)6-10(15)7-13(14,5)17-14/h9-10,15H,6-8H2,1-5H3/t10-,13+,14-/m0/s1. The van der Waals surface area contributed by atoms with Crippen molar-refractivity contribution in [3.05, 3.63) is 0 Å². The van der Waals surface area contributed by atoms with Gasteiger partial charge in [-0.3, -0.25) is 4.79 Å². The van der Waals surface area contributed by atoms with Crippen molar-refractivity contribution in [2.45, 2.75) is 71.2 Å². The van der Waals surface area contributed by atoms with Gasteiger partial charge in [-0.25, -0.2) is 0 Å². The van der Waals surface area contributed by atoms with E-state index in [1.165, 1.54) is 0 Å². The molecule has 3 atom stereocenters. The maximum atomic E-state index is 12.0. The first-order valence-corrected chi connectivity index (χ1v) is 6.54. The SMILES string of the molecule is CC(C)C(=O)C[C@@]12O[C@]1(C)C[C@@H](O)CC2(C)C. The van der Waals surface area contributed by atoms with E-state index in [-0.39, 0.29) is 34.4 Å². The molecule has 1 N–H and O–H groups in total. The lowest BCUT2D eigenvalue weighted by Crippen LogP contribution is -2.48. The number of carbonyl (C=O) groups excluding carboxylic acids is 1. The number of fused-ring (bicyclic) bond motifs is 1. The van der Waals surface area contributed by atoms with E-state index in [9.17, 15) is 9.90 Å². The number of ketones is 1. The minimum atomic E-state index is -0.347. The number of Topliss-reactive ketones (excluding diaryl/α,β-unsaturated/α-hetero) is 1. The van der Waals surface area contributed by atoms with Crippen LogP contribution in [0.3, 0.4) is 0 Å². The Hall–Kier alpha value is -0.410. The zero-order chi connectivity index (χ0) is 13.1. The second-order valence-electron chi connectivity index (χ2n) is 6.90. The van der Waals surface area contributed by atoms with Gasteiger partial charge in [0.15, 0.2) is 0 Å². The van der Waals surface area contributed by atoms with Gasteiger partial charge in [0, 0.05) is 18.8 Å². The fourth-order valence-electron chi connectivity index (χ4n) is 3.61. The van der Waals surface area contributed by atoms with Crippen LogP contribution < -0.4 is 0 Å². The highest BCUT2D eigenvalue weighted by atomic mass is 16.6. The van der Waals surface area contributed by atoms with Crippen LogP contribution in [0.15, 0.2) is 0 Å². The van der Waals surface area contributed by atoms with E-state index in [4.69, 9.17) is 4.74 Å². The molecule has 0 amide bonds. The zero-order valence-corrected chi connectivity index (χ0v) is 11.5. The average Bonchev–Trinajstić information content (AvgIpc) is 2.70. The van der Waals surface area contributed by atoms with Crippen LogP contribution in [0.1, 0.15) is 53.9 Å². The molecule has 3 nitrogen and oxygen atoms in total. The molecular weight excluding hydrogens is 216 g/mol. The first-order chi connectivity index (χ1) is 7.64. The van der Waals surface area contributed by atoms with Gasteiger partial charge >= 0.3 is 0 Å². The van der Waals surface area contributed by atoms with Crippen LogP contribution in [-0.2, 0) is 9.53 Å². The van der Waals surface area contributed by atoms with E-state index in [1.54, 1.807) is 0 Å². The van der Waals surface area contributed by atoms with Crippen molar-refractivity contribution in [1.82, 2.24) is 0 Å². The van der Waals surface area contributed by atoms with Crippen molar-refractivity contribution in [1.29, 1.82) is 0 Å². The molecular formula is C14H24O3. The third-order valence-corrected chi connectivity index (χ3v) is 4.74. The molecule has 1 heterocycles. The molecule has 0 aromatic carbocycles. The summed E-state index contributed by atoms with van der Waals surface area (Å²) < 4.78 is 5.98. The fraction of sp³-hybridized carbons (Fsp3) is 0.929. The van der Waals surface area contributed by atoms with Crippen LogP contribution in [0, 0.1) is 11.3 Å². The van der Waals surface area contributed by atoms with E-state index in [0.717, 1.165) is 0 Å². The number of ether oxygens (including phenoxy) is 1. The highest BCUT2D eigenvalue weighted by molar-refractivity contribution is 5.82. The van der Waals surface area contributed by atoms with E-state index < -0.39 is 0 Å². The lowest BCUT2D eigenvalue weighted by atomic mass is 9.61. The molecule has 17 heavy (non-hydrogen) atoms. The number of carbonyl (C=O) groups is 1. The summed E-state index contributed by atoms with van der Waals surface area (Å²) in [7, 11) is 0. The summed E-state index contributed by atoms with van der Waals surface area (Å²) in [5.41, 5.74) is -0.788. The zero-order valence-electron chi connectivity index (χ0n) is 11.5. The van der Waals surface area contributed by atoms with E-state index in [2.05, 4.69) is 13.8 Å². The van der Waals surface area contributed by atoms with Crippen molar-refractivity contribution in [2.24, 2.45) is 11.3 Å². The van der Waals surface area contributed by atoms with E-state index in [1.807, 2.05) is 20.8 Å². The largest absolute Gasteiger partial charge is 0.393 e. The Morgan fingerprint density at radius 1 is 1.35 bits per heavy atom. The van der Waals surface area contributed by atoms with Crippen LogP contribution in [0.4, 0.5) is 0 Å². The average molecular weight is 240 g/mol. The van der Waals surface area contributed by atoms with Crippen LogP contribution in [0.25, 0.3) is 0 Å². The van der Waals surface area contributed by atoms with Gasteiger partial charge < -0.3 is 9.84 Å². The van der Waals surface area contributed by atoms with Crippen molar-refractivity contribution >= 4 is 5.78 Å². The maximum absolute atomic E-state index is 12.0. The third-order valence-electron chi connectivity index (χ3n) is 4.74. The van der Waals surface area contributed by atoms with Gasteiger partial charge in [-0.2, -0.15) is 0 Å². The third kappa shape index (κ3) is 1.75. The van der Waals surface area contributed by atoms with Gasteiger partial charge in [0.05, 0.1) is 11.7 Å². The van der Waals surface area contributed by atoms with Crippen LogP contribution in [-0.4, -0.2) is 28.2 Å². The topological polar surface area (TPSA) is 49.8 Å². The van der Waals surface area contributed by atoms with Crippen molar-refractivity contribution in [3.63, 3.8) is 0 Å². The second kappa shape index (κ2) is 3.55. The van der Waals surface area contributed by atoms with Crippen LogP contribution in [0.2, 0.25) is 0 Å². The molecule has 1 saturated carbocycles. The quantitative estimate of drug-likeness (QED) is 0.770. The van der Waals surface area contributed by atoms with Gasteiger partial charge in [0.1, 0.15) is 11.4 Å². The molecule has 1 aliphatic carbocycles. The summed E-state index contributed by atoms with van der Waals surface area (Å²) in [6, 6.07) is 0. The Bertz CT molecular complexity index is 347. The molecule has 2 rings (SSSR count). The van der Waals surface area contributed by atoms with Crippen molar-refractivity contribution < 1.29 is 14.6 Å².